The molecule has 0 radical (unpaired) electrons. The summed E-state index contributed by atoms with van der Waals surface area (Å²) in [6, 6.07) is 13.9. The Morgan fingerprint density at radius 2 is 1.77 bits per heavy atom. The van der Waals surface area contributed by atoms with Crippen LogP contribution in [0, 0.1) is 11.7 Å². The third kappa shape index (κ3) is 6.17. The predicted octanol–water partition coefficient (Wildman–Crippen LogP) is 5.34. The van der Waals surface area contributed by atoms with Gasteiger partial charge in [0.15, 0.2) is 17.5 Å². The molecule has 0 N–H and O–H groups in total. The molecule has 6 rings (SSSR count). The smallest absolute Gasteiger partial charge is 0.332 e. The lowest BCUT2D eigenvalue weighted by Crippen LogP contribution is -2.40. The Kier molecular flexibility index (Phi) is 8.76. The minimum atomic E-state index is -0.404. The zero-order chi connectivity index (χ0) is 29.9. The molecule has 2 aliphatic rings. The number of nitrogens with zero attached hydrogens (tertiary/aromatic N) is 4. The number of halogens is 1. The third-order valence-corrected chi connectivity index (χ3v) is 8.59. The Labute approximate surface area is 249 Å². The van der Waals surface area contributed by atoms with E-state index < -0.39 is 11.2 Å². The normalized spacial score (nSPS) is 20.3. The van der Waals surface area contributed by atoms with Crippen molar-refractivity contribution in [1.29, 1.82) is 0 Å². The summed E-state index contributed by atoms with van der Waals surface area (Å²) in [5, 5.41) is 0. The molecule has 2 fully saturated rings. The first-order valence-electron chi connectivity index (χ1n) is 15.4. The van der Waals surface area contributed by atoms with Crippen molar-refractivity contribution < 1.29 is 18.6 Å². The van der Waals surface area contributed by atoms with Gasteiger partial charge in [0.2, 0.25) is 0 Å². The minimum Gasteiger partial charge on any atom is -0.490 e. The zero-order valence-electron chi connectivity index (χ0n) is 24.8. The third-order valence-electron chi connectivity index (χ3n) is 8.59. The Bertz CT molecular complexity index is 1670. The second-order valence-electron chi connectivity index (χ2n) is 11.6. The quantitative estimate of drug-likeness (QED) is 0.219. The first-order chi connectivity index (χ1) is 20.9. The van der Waals surface area contributed by atoms with Crippen LogP contribution in [0.25, 0.3) is 22.6 Å². The van der Waals surface area contributed by atoms with E-state index in [-0.39, 0.29) is 31.3 Å². The fourth-order valence-corrected chi connectivity index (χ4v) is 5.87. The predicted molar refractivity (Wildman–Crippen MR) is 162 cm³/mol. The van der Waals surface area contributed by atoms with Gasteiger partial charge in [-0.25, -0.2) is 14.2 Å². The van der Waals surface area contributed by atoms with Crippen LogP contribution >= 0.6 is 0 Å². The van der Waals surface area contributed by atoms with E-state index in [1.165, 1.54) is 23.1 Å². The number of aromatic nitrogens is 4. The van der Waals surface area contributed by atoms with E-state index in [2.05, 4.69) is 6.92 Å². The van der Waals surface area contributed by atoms with Gasteiger partial charge in [0.1, 0.15) is 23.5 Å². The number of rotatable bonds is 11. The monoisotopic (exact) mass is 590 g/mol. The first-order valence-corrected chi connectivity index (χ1v) is 15.4. The maximum Gasteiger partial charge on any atom is 0.332 e. The molecule has 1 saturated carbocycles. The van der Waals surface area contributed by atoms with E-state index >= 15 is 0 Å². The van der Waals surface area contributed by atoms with Crippen LogP contribution in [-0.4, -0.2) is 44.3 Å². The summed E-state index contributed by atoms with van der Waals surface area (Å²) < 4.78 is 36.0. The van der Waals surface area contributed by atoms with Gasteiger partial charge >= 0.3 is 5.69 Å². The summed E-state index contributed by atoms with van der Waals surface area (Å²) in [6.45, 7) is 5.98. The number of ether oxygens (including phenoxy) is 3. The molecule has 2 aromatic heterocycles. The summed E-state index contributed by atoms with van der Waals surface area (Å²) in [5.74, 6) is 1.55. The van der Waals surface area contributed by atoms with Crippen LogP contribution in [-0.2, 0) is 29.1 Å². The van der Waals surface area contributed by atoms with Crippen molar-refractivity contribution in [1.82, 2.24) is 18.7 Å². The van der Waals surface area contributed by atoms with Crippen molar-refractivity contribution in [3.63, 3.8) is 0 Å². The van der Waals surface area contributed by atoms with Crippen LogP contribution in [0.5, 0.6) is 5.75 Å². The van der Waals surface area contributed by atoms with Crippen LogP contribution in [0.2, 0.25) is 0 Å². The summed E-state index contributed by atoms with van der Waals surface area (Å²) in [5.41, 5.74) is 1.46. The number of hydrogen-bond donors (Lipinski definition) is 0. The maximum absolute atomic E-state index is 14.0. The lowest BCUT2D eigenvalue weighted by Gasteiger charge is -2.33. The molecule has 1 aliphatic carbocycles. The maximum atomic E-state index is 14.0. The lowest BCUT2D eigenvalue weighted by molar-refractivity contribution is -0.163. The molecule has 4 aromatic rings. The Balaban J connectivity index is 1.37. The Hall–Kier alpha value is -3.76. The second kappa shape index (κ2) is 12.9. The highest BCUT2D eigenvalue weighted by molar-refractivity contribution is 5.77. The molecule has 0 amide bonds. The molecule has 0 bridgehead atoms. The lowest BCUT2D eigenvalue weighted by atomic mass is 9.83. The molecule has 9 nitrogen and oxygen atoms in total. The van der Waals surface area contributed by atoms with Gasteiger partial charge in [-0.1, -0.05) is 19.1 Å². The fourth-order valence-electron chi connectivity index (χ4n) is 5.87. The van der Waals surface area contributed by atoms with E-state index in [9.17, 15) is 14.0 Å². The van der Waals surface area contributed by atoms with Crippen molar-refractivity contribution in [3.8, 4) is 17.1 Å². The molecule has 3 heterocycles. The van der Waals surface area contributed by atoms with Crippen molar-refractivity contribution in [2.75, 3.05) is 13.2 Å². The van der Waals surface area contributed by atoms with Gasteiger partial charge in [-0.15, -0.1) is 0 Å². The number of fused-ring (bicyclic) bond motifs is 1. The number of imidazole rings is 1. The molecule has 3 atom stereocenters. The average Bonchev–Trinajstić information content (AvgIpc) is 3.39. The number of hydrogen-bond acceptors (Lipinski definition) is 6. The number of benzene rings is 2. The van der Waals surface area contributed by atoms with Gasteiger partial charge in [0.25, 0.3) is 5.56 Å². The van der Waals surface area contributed by atoms with Gasteiger partial charge in [-0.3, -0.25) is 13.9 Å². The molecule has 10 heteroatoms. The zero-order valence-corrected chi connectivity index (χ0v) is 24.8. The Morgan fingerprint density at radius 1 is 0.977 bits per heavy atom. The van der Waals surface area contributed by atoms with Crippen molar-refractivity contribution in [2.24, 2.45) is 5.92 Å². The van der Waals surface area contributed by atoms with Gasteiger partial charge in [-0.2, -0.15) is 0 Å². The van der Waals surface area contributed by atoms with Gasteiger partial charge < -0.3 is 18.8 Å². The van der Waals surface area contributed by atoms with E-state index in [4.69, 9.17) is 19.2 Å². The van der Waals surface area contributed by atoms with E-state index in [1.54, 1.807) is 16.7 Å². The highest BCUT2D eigenvalue weighted by Crippen LogP contribution is 2.32. The van der Waals surface area contributed by atoms with Crippen molar-refractivity contribution >= 4 is 11.2 Å². The van der Waals surface area contributed by atoms with Crippen molar-refractivity contribution in [3.05, 3.63) is 80.7 Å². The molecule has 0 spiro atoms. The van der Waals surface area contributed by atoms with Crippen molar-refractivity contribution in [2.45, 2.75) is 84.4 Å². The molecule has 43 heavy (non-hydrogen) atoms. The van der Waals surface area contributed by atoms with Gasteiger partial charge in [0, 0.05) is 31.8 Å². The van der Waals surface area contributed by atoms with Crippen LogP contribution in [0.1, 0.15) is 57.9 Å². The van der Waals surface area contributed by atoms with Crippen LogP contribution in [0.3, 0.4) is 0 Å². The topological polar surface area (TPSA) is 89.5 Å². The SMILES string of the molecule is CCn1c(=O)n(CCCOC2CCCCO2)c(=O)c2c1nc(-c1ccc(OC3CCC3C)cc1)n2Cc1ccc(F)cc1. The minimum absolute atomic E-state index is 0.211. The highest BCUT2D eigenvalue weighted by atomic mass is 19.1. The molecule has 2 aromatic carbocycles. The summed E-state index contributed by atoms with van der Waals surface area (Å²) in [7, 11) is 0. The van der Waals surface area contributed by atoms with E-state index in [1.807, 2.05) is 35.8 Å². The number of aryl methyl sites for hydroxylation is 1. The molecular formula is C33H39FN4O5. The van der Waals surface area contributed by atoms with Crippen LogP contribution in [0.4, 0.5) is 4.39 Å². The average molecular weight is 591 g/mol. The summed E-state index contributed by atoms with van der Waals surface area (Å²) in [6.07, 6.45) is 5.68. The summed E-state index contributed by atoms with van der Waals surface area (Å²) in [4.78, 5) is 32.4. The van der Waals surface area contributed by atoms with Crippen LogP contribution < -0.4 is 16.0 Å². The molecular weight excluding hydrogens is 551 g/mol. The second-order valence-corrected chi connectivity index (χ2v) is 11.6. The van der Waals surface area contributed by atoms with Crippen LogP contribution in [0.15, 0.2) is 58.1 Å². The standard InChI is InChI=1S/C33H39FN4O5/c1-3-36-31-29(32(39)37(33(36)40)18-6-20-42-28-7-4-5-19-41-28)38(21-23-9-13-25(34)14-10-23)30(35-31)24-11-15-26(16-12-24)43-27-17-8-22(27)2/h9-16,22,27-28H,3-8,17-21H2,1-2H3. The molecule has 1 aliphatic heterocycles. The largest absolute Gasteiger partial charge is 0.490 e. The van der Waals surface area contributed by atoms with E-state index in [0.29, 0.717) is 49.1 Å². The van der Waals surface area contributed by atoms with Gasteiger partial charge in [-0.05, 0) is 93.3 Å². The highest BCUT2D eigenvalue weighted by Gasteiger charge is 2.28. The molecule has 1 saturated heterocycles. The summed E-state index contributed by atoms with van der Waals surface area (Å²) >= 11 is 0. The molecule has 3 unspecified atom stereocenters. The fraction of sp³-hybridized carbons (Fsp3) is 0.485. The first kappa shape index (κ1) is 29.3. The van der Waals surface area contributed by atoms with Gasteiger partial charge in [0.05, 0.1) is 6.61 Å². The van der Waals surface area contributed by atoms with E-state index in [0.717, 1.165) is 42.6 Å². The Morgan fingerprint density at radius 3 is 2.42 bits per heavy atom. The molecule has 228 valence electrons.